The minimum Gasteiger partial charge on any atom is -0.364 e. The topological polar surface area (TPSA) is 67.8 Å². The molecule has 0 bridgehead atoms. The van der Waals surface area contributed by atoms with Crippen LogP contribution in [0.3, 0.4) is 0 Å². The SMILES string of the molecule is Cl.NC[C@@H](N)c1ccc[nH]1. The Kier molecular flexibility index (Phi) is 4.11. The van der Waals surface area contributed by atoms with Crippen molar-refractivity contribution in [3.8, 4) is 0 Å². The van der Waals surface area contributed by atoms with Crippen LogP contribution in [0.25, 0.3) is 0 Å². The van der Waals surface area contributed by atoms with Crippen LogP contribution in [0.5, 0.6) is 0 Å². The molecular formula is C6H12ClN3. The fraction of sp³-hybridized carbons (Fsp3) is 0.333. The third-order valence-electron chi connectivity index (χ3n) is 1.28. The van der Waals surface area contributed by atoms with Gasteiger partial charge >= 0.3 is 0 Å². The first-order valence-corrected chi connectivity index (χ1v) is 2.93. The fourth-order valence-corrected chi connectivity index (χ4v) is 0.702. The zero-order valence-electron chi connectivity index (χ0n) is 5.58. The summed E-state index contributed by atoms with van der Waals surface area (Å²) in [7, 11) is 0. The average Bonchev–Trinajstić information content (AvgIpc) is 2.37. The highest BCUT2D eigenvalue weighted by Crippen LogP contribution is 2.03. The van der Waals surface area contributed by atoms with Crippen molar-refractivity contribution in [2.75, 3.05) is 6.54 Å². The summed E-state index contributed by atoms with van der Waals surface area (Å²) in [6.07, 6.45) is 1.84. The van der Waals surface area contributed by atoms with Crippen LogP contribution >= 0.6 is 12.4 Å². The van der Waals surface area contributed by atoms with Gasteiger partial charge in [-0.05, 0) is 12.1 Å². The molecule has 5 N–H and O–H groups in total. The molecule has 10 heavy (non-hydrogen) atoms. The van der Waals surface area contributed by atoms with Crippen LogP contribution in [0.4, 0.5) is 0 Å². The van der Waals surface area contributed by atoms with Crippen LogP contribution < -0.4 is 11.5 Å². The summed E-state index contributed by atoms with van der Waals surface area (Å²) in [6.45, 7) is 0.487. The molecule has 0 spiro atoms. The lowest BCUT2D eigenvalue weighted by Gasteiger charge is -2.03. The van der Waals surface area contributed by atoms with Crippen molar-refractivity contribution in [2.24, 2.45) is 11.5 Å². The van der Waals surface area contributed by atoms with E-state index < -0.39 is 0 Å². The normalized spacial score (nSPS) is 12.2. The summed E-state index contributed by atoms with van der Waals surface area (Å²) in [6, 6.07) is 3.79. The van der Waals surface area contributed by atoms with E-state index in [1.165, 1.54) is 0 Å². The van der Waals surface area contributed by atoms with Gasteiger partial charge in [0.05, 0.1) is 6.04 Å². The summed E-state index contributed by atoms with van der Waals surface area (Å²) in [5, 5.41) is 0. The quantitative estimate of drug-likeness (QED) is 0.588. The molecule has 0 saturated heterocycles. The highest BCUT2D eigenvalue weighted by molar-refractivity contribution is 5.85. The van der Waals surface area contributed by atoms with Gasteiger partial charge in [0.2, 0.25) is 0 Å². The van der Waals surface area contributed by atoms with Gasteiger partial charge in [-0.15, -0.1) is 12.4 Å². The van der Waals surface area contributed by atoms with Crippen LogP contribution in [0.15, 0.2) is 18.3 Å². The third kappa shape index (κ3) is 2.02. The minimum atomic E-state index is -0.0417. The van der Waals surface area contributed by atoms with Gasteiger partial charge in [0.25, 0.3) is 0 Å². The van der Waals surface area contributed by atoms with Crippen molar-refractivity contribution in [3.63, 3.8) is 0 Å². The second-order valence-electron chi connectivity index (χ2n) is 1.97. The van der Waals surface area contributed by atoms with Gasteiger partial charge in [-0.3, -0.25) is 0 Å². The second-order valence-corrected chi connectivity index (χ2v) is 1.97. The number of aromatic amines is 1. The zero-order chi connectivity index (χ0) is 6.69. The van der Waals surface area contributed by atoms with Crippen LogP contribution in [0.2, 0.25) is 0 Å². The smallest absolute Gasteiger partial charge is 0.0572 e. The van der Waals surface area contributed by atoms with Gasteiger partial charge in [-0.25, -0.2) is 0 Å². The Morgan fingerprint density at radius 3 is 2.70 bits per heavy atom. The van der Waals surface area contributed by atoms with Gasteiger partial charge in [-0.2, -0.15) is 0 Å². The molecule has 0 aromatic carbocycles. The minimum absolute atomic E-state index is 0. The zero-order valence-corrected chi connectivity index (χ0v) is 6.40. The molecule has 0 unspecified atom stereocenters. The Morgan fingerprint density at radius 2 is 2.30 bits per heavy atom. The van der Waals surface area contributed by atoms with E-state index in [1.54, 1.807) is 0 Å². The molecule has 0 amide bonds. The number of hydrogen-bond acceptors (Lipinski definition) is 2. The molecule has 1 atom stereocenters. The second kappa shape index (κ2) is 4.33. The predicted octanol–water partition coefficient (Wildman–Crippen LogP) is 0.395. The standard InChI is InChI=1S/C6H11N3.ClH/c7-4-5(8)6-2-1-3-9-6;/h1-3,5,9H,4,7-8H2;1H/t5-;/m1./s1. The molecule has 0 aliphatic rings. The number of rotatable bonds is 2. The lowest BCUT2D eigenvalue weighted by Crippen LogP contribution is -2.20. The van der Waals surface area contributed by atoms with Crippen molar-refractivity contribution in [1.82, 2.24) is 4.98 Å². The molecule has 0 saturated carbocycles. The first-order chi connectivity index (χ1) is 4.34. The Labute approximate surface area is 66.2 Å². The van der Waals surface area contributed by atoms with E-state index in [4.69, 9.17) is 11.5 Å². The molecule has 0 aliphatic heterocycles. The van der Waals surface area contributed by atoms with Gasteiger partial charge < -0.3 is 16.5 Å². The number of hydrogen-bond donors (Lipinski definition) is 3. The monoisotopic (exact) mass is 161 g/mol. The van der Waals surface area contributed by atoms with Crippen LogP contribution in [-0.2, 0) is 0 Å². The van der Waals surface area contributed by atoms with E-state index in [0.717, 1.165) is 5.69 Å². The summed E-state index contributed by atoms with van der Waals surface area (Å²) in [5.41, 5.74) is 11.9. The lowest BCUT2D eigenvalue weighted by atomic mass is 10.2. The summed E-state index contributed by atoms with van der Waals surface area (Å²) in [5.74, 6) is 0. The fourth-order valence-electron chi connectivity index (χ4n) is 0.702. The van der Waals surface area contributed by atoms with Crippen molar-refractivity contribution in [2.45, 2.75) is 6.04 Å². The van der Waals surface area contributed by atoms with E-state index in [9.17, 15) is 0 Å². The molecule has 3 nitrogen and oxygen atoms in total. The molecular weight excluding hydrogens is 150 g/mol. The van der Waals surface area contributed by atoms with Gasteiger partial charge in [0.1, 0.15) is 0 Å². The van der Waals surface area contributed by atoms with E-state index in [2.05, 4.69) is 4.98 Å². The maximum absolute atomic E-state index is 5.58. The molecule has 0 fully saturated rings. The van der Waals surface area contributed by atoms with Crippen molar-refractivity contribution in [1.29, 1.82) is 0 Å². The number of H-pyrrole nitrogens is 1. The maximum atomic E-state index is 5.58. The Bertz CT molecular complexity index is 162. The van der Waals surface area contributed by atoms with E-state index in [-0.39, 0.29) is 18.4 Å². The number of nitrogens with two attached hydrogens (primary N) is 2. The first kappa shape index (κ1) is 9.49. The van der Waals surface area contributed by atoms with Gasteiger partial charge in [0.15, 0.2) is 0 Å². The van der Waals surface area contributed by atoms with Crippen molar-refractivity contribution >= 4 is 12.4 Å². The molecule has 1 rings (SSSR count). The molecule has 0 radical (unpaired) electrons. The van der Waals surface area contributed by atoms with Crippen molar-refractivity contribution < 1.29 is 0 Å². The Hall–Kier alpha value is -0.510. The van der Waals surface area contributed by atoms with Crippen LogP contribution in [0.1, 0.15) is 11.7 Å². The van der Waals surface area contributed by atoms with E-state index in [0.29, 0.717) is 6.54 Å². The molecule has 1 heterocycles. The Morgan fingerprint density at radius 1 is 1.60 bits per heavy atom. The Balaban J connectivity index is 0.000000810. The highest BCUT2D eigenvalue weighted by atomic mass is 35.5. The predicted molar refractivity (Wildman–Crippen MR) is 44.0 cm³/mol. The van der Waals surface area contributed by atoms with E-state index in [1.807, 2.05) is 18.3 Å². The van der Waals surface area contributed by atoms with Gasteiger partial charge in [-0.1, -0.05) is 0 Å². The first-order valence-electron chi connectivity index (χ1n) is 2.93. The van der Waals surface area contributed by atoms with Gasteiger partial charge in [0, 0.05) is 18.4 Å². The van der Waals surface area contributed by atoms with Crippen LogP contribution in [-0.4, -0.2) is 11.5 Å². The molecule has 4 heteroatoms. The lowest BCUT2D eigenvalue weighted by molar-refractivity contribution is 0.716. The summed E-state index contributed by atoms with van der Waals surface area (Å²) in [4.78, 5) is 2.98. The van der Waals surface area contributed by atoms with Crippen LogP contribution in [0, 0.1) is 0 Å². The third-order valence-corrected chi connectivity index (χ3v) is 1.28. The number of halogens is 1. The van der Waals surface area contributed by atoms with E-state index >= 15 is 0 Å². The molecule has 1 aromatic heterocycles. The summed E-state index contributed by atoms with van der Waals surface area (Å²) < 4.78 is 0. The largest absolute Gasteiger partial charge is 0.364 e. The maximum Gasteiger partial charge on any atom is 0.0572 e. The highest BCUT2D eigenvalue weighted by Gasteiger charge is 2.00. The molecule has 58 valence electrons. The average molecular weight is 162 g/mol. The molecule has 1 aromatic rings. The molecule has 0 aliphatic carbocycles. The van der Waals surface area contributed by atoms with Crippen molar-refractivity contribution in [3.05, 3.63) is 24.0 Å². The number of nitrogens with one attached hydrogen (secondary N) is 1. The number of aromatic nitrogens is 1. The summed E-state index contributed by atoms with van der Waals surface area (Å²) >= 11 is 0.